The number of hydrogen-bond donors (Lipinski definition) is 0. The number of rotatable bonds is 4. The second-order valence-corrected chi connectivity index (χ2v) is 8.93. The van der Waals surface area contributed by atoms with Crippen molar-refractivity contribution >= 4 is 21.9 Å². The third-order valence-corrected chi connectivity index (χ3v) is 6.53. The maximum Gasteiger partial charge on any atom is 0.164 e. The Morgan fingerprint density at radius 2 is 0.892 bits per heavy atom. The van der Waals surface area contributed by atoms with Crippen LogP contribution in [0.1, 0.15) is 0 Å². The zero-order chi connectivity index (χ0) is 24.6. The summed E-state index contributed by atoms with van der Waals surface area (Å²) < 4.78 is 6.14. The molecule has 2 aromatic heterocycles. The van der Waals surface area contributed by atoms with Crippen molar-refractivity contribution in [1.82, 2.24) is 15.0 Å². The lowest BCUT2D eigenvalue weighted by molar-refractivity contribution is 0.669. The number of fused-ring (bicyclic) bond motifs is 3. The van der Waals surface area contributed by atoms with Crippen molar-refractivity contribution in [3.05, 3.63) is 127 Å². The summed E-state index contributed by atoms with van der Waals surface area (Å²) in [6, 6.07) is 42.9. The van der Waals surface area contributed by atoms with Crippen LogP contribution in [0.5, 0.6) is 0 Å². The lowest BCUT2D eigenvalue weighted by Gasteiger charge is -2.09. The Hall–Kier alpha value is -5.09. The molecule has 0 aliphatic carbocycles. The minimum atomic E-state index is 0.608. The summed E-state index contributed by atoms with van der Waals surface area (Å²) in [5.74, 6) is 1.87. The maximum absolute atomic E-state index is 6.14. The molecule has 0 unspecified atom stereocenters. The van der Waals surface area contributed by atoms with Gasteiger partial charge in [0.2, 0.25) is 0 Å². The van der Waals surface area contributed by atoms with Gasteiger partial charge in [-0.15, -0.1) is 0 Å². The molecule has 4 heteroatoms. The number of benzene rings is 5. The van der Waals surface area contributed by atoms with E-state index in [9.17, 15) is 0 Å². The first-order valence-electron chi connectivity index (χ1n) is 12.2. The molecule has 7 aromatic rings. The third-order valence-electron chi connectivity index (χ3n) is 6.53. The van der Waals surface area contributed by atoms with Crippen molar-refractivity contribution in [1.29, 1.82) is 0 Å². The normalized spacial score (nSPS) is 11.2. The van der Waals surface area contributed by atoms with Crippen LogP contribution >= 0.6 is 0 Å². The minimum absolute atomic E-state index is 0.608. The van der Waals surface area contributed by atoms with E-state index < -0.39 is 0 Å². The molecule has 0 amide bonds. The van der Waals surface area contributed by atoms with Crippen LogP contribution in [-0.2, 0) is 0 Å². The molecule has 0 aliphatic heterocycles. The number of furan rings is 1. The van der Waals surface area contributed by atoms with Crippen LogP contribution in [0, 0.1) is 0 Å². The first-order chi connectivity index (χ1) is 18.3. The van der Waals surface area contributed by atoms with E-state index in [1.807, 2.05) is 84.9 Å². The molecule has 0 saturated heterocycles. The average Bonchev–Trinajstić information content (AvgIpc) is 3.36. The quantitative estimate of drug-likeness (QED) is 0.256. The maximum atomic E-state index is 6.14. The predicted molar refractivity (Wildman–Crippen MR) is 149 cm³/mol. The van der Waals surface area contributed by atoms with Crippen LogP contribution in [0.4, 0.5) is 0 Å². The van der Waals surface area contributed by atoms with E-state index in [1.165, 1.54) is 0 Å². The molecule has 0 radical (unpaired) electrons. The van der Waals surface area contributed by atoms with Gasteiger partial charge >= 0.3 is 0 Å². The highest BCUT2D eigenvalue weighted by Crippen LogP contribution is 2.33. The number of aromatic nitrogens is 3. The van der Waals surface area contributed by atoms with Crippen molar-refractivity contribution in [2.24, 2.45) is 0 Å². The molecule has 4 nitrogen and oxygen atoms in total. The summed E-state index contributed by atoms with van der Waals surface area (Å²) in [4.78, 5) is 14.7. The van der Waals surface area contributed by atoms with Crippen molar-refractivity contribution in [3.63, 3.8) is 0 Å². The lowest BCUT2D eigenvalue weighted by Crippen LogP contribution is -2.00. The topological polar surface area (TPSA) is 51.8 Å². The van der Waals surface area contributed by atoms with Gasteiger partial charge in [-0.1, -0.05) is 103 Å². The van der Waals surface area contributed by atoms with Gasteiger partial charge in [-0.25, -0.2) is 15.0 Å². The van der Waals surface area contributed by atoms with Gasteiger partial charge in [0.15, 0.2) is 17.5 Å². The number of hydrogen-bond acceptors (Lipinski definition) is 4. The molecule has 2 heterocycles. The van der Waals surface area contributed by atoms with Crippen molar-refractivity contribution in [2.45, 2.75) is 0 Å². The van der Waals surface area contributed by atoms with Crippen LogP contribution in [0.2, 0.25) is 0 Å². The Morgan fingerprint density at radius 1 is 0.351 bits per heavy atom. The fourth-order valence-electron chi connectivity index (χ4n) is 4.68. The number of para-hydroxylation sites is 1. The van der Waals surface area contributed by atoms with E-state index in [2.05, 4.69) is 42.5 Å². The Kier molecular flexibility index (Phi) is 5.07. The Bertz CT molecular complexity index is 1880. The molecule has 0 fully saturated rings. The summed E-state index contributed by atoms with van der Waals surface area (Å²) >= 11 is 0. The summed E-state index contributed by atoms with van der Waals surface area (Å²) in [6.45, 7) is 0. The third kappa shape index (κ3) is 3.95. The van der Waals surface area contributed by atoms with Crippen molar-refractivity contribution in [2.75, 3.05) is 0 Å². The van der Waals surface area contributed by atoms with Crippen LogP contribution in [0.25, 0.3) is 67.2 Å². The van der Waals surface area contributed by atoms with Crippen LogP contribution in [0.3, 0.4) is 0 Å². The Morgan fingerprint density at radius 3 is 1.65 bits per heavy atom. The minimum Gasteiger partial charge on any atom is -0.456 e. The zero-order valence-electron chi connectivity index (χ0n) is 19.9. The second-order valence-electron chi connectivity index (χ2n) is 8.93. The van der Waals surface area contributed by atoms with Gasteiger partial charge in [0, 0.05) is 27.5 Å². The van der Waals surface area contributed by atoms with Gasteiger partial charge in [0.1, 0.15) is 11.2 Å². The Labute approximate surface area is 213 Å². The van der Waals surface area contributed by atoms with Crippen LogP contribution < -0.4 is 0 Å². The predicted octanol–water partition coefficient (Wildman–Crippen LogP) is 8.44. The van der Waals surface area contributed by atoms with E-state index >= 15 is 0 Å². The molecule has 0 aliphatic rings. The highest BCUT2D eigenvalue weighted by Gasteiger charge is 2.15. The van der Waals surface area contributed by atoms with Crippen LogP contribution in [0.15, 0.2) is 132 Å². The highest BCUT2D eigenvalue weighted by molar-refractivity contribution is 6.05. The fraction of sp³-hybridized carbons (Fsp3) is 0. The molecule has 37 heavy (non-hydrogen) atoms. The van der Waals surface area contributed by atoms with Crippen molar-refractivity contribution in [3.8, 4) is 45.3 Å². The standard InChI is InChI=1S/C33H21N3O/c1-3-10-22(11-4-1)24-14-9-15-25(20-24)32-34-31(23-12-5-2-6-13-23)35-33(36-32)26-18-19-28-27-16-7-8-17-29(27)37-30(28)21-26/h1-21H. The van der Waals surface area contributed by atoms with E-state index in [-0.39, 0.29) is 0 Å². The highest BCUT2D eigenvalue weighted by atomic mass is 16.3. The molecule has 174 valence electrons. The van der Waals surface area contributed by atoms with Gasteiger partial charge in [-0.3, -0.25) is 0 Å². The summed E-state index contributed by atoms with van der Waals surface area (Å²) in [5, 5.41) is 2.18. The Balaban J connectivity index is 1.40. The van der Waals surface area contributed by atoms with E-state index in [4.69, 9.17) is 19.4 Å². The molecule has 0 saturated carbocycles. The van der Waals surface area contributed by atoms with Crippen LogP contribution in [-0.4, -0.2) is 15.0 Å². The summed E-state index contributed by atoms with van der Waals surface area (Å²) in [7, 11) is 0. The largest absolute Gasteiger partial charge is 0.456 e. The van der Waals surface area contributed by atoms with E-state index in [0.717, 1.165) is 49.8 Å². The van der Waals surface area contributed by atoms with Gasteiger partial charge in [-0.05, 0) is 35.4 Å². The second kappa shape index (κ2) is 8.85. The first-order valence-corrected chi connectivity index (χ1v) is 12.2. The average molecular weight is 476 g/mol. The zero-order valence-corrected chi connectivity index (χ0v) is 19.9. The molecule has 5 aromatic carbocycles. The fourth-order valence-corrected chi connectivity index (χ4v) is 4.68. The van der Waals surface area contributed by atoms with Gasteiger partial charge < -0.3 is 4.42 Å². The molecule has 0 bridgehead atoms. The lowest BCUT2D eigenvalue weighted by atomic mass is 10.0. The van der Waals surface area contributed by atoms with Crippen molar-refractivity contribution < 1.29 is 4.42 Å². The molecule has 0 N–H and O–H groups in total. The summed E-state index contributed by atoms with van der Waals surface area (Å²) in [6.07, 6.45) is 0. The van der Waals surface area contributed by atoms with Gasteiger partial charge in [0.25, 0.3) is 0 Å². The monoisotopic (exact) mass is 475 g/mol. The van der Waals surface area contributed by atoms with Gasteiger partial charge in [0.05, 0.1) is 0 Å². The smallest absolute Gasteiger partial charge is 0.164 e. The molecule has 0 spiro atoms. The van der Waals surface area contributed by atoms with Gasteiger partial charge in [-0.2, -0.15) is 0 Å². The van der Waals surface area contributed by atoms with E-state index in [1.54, 1.807) is 0 Å². The summed E-state index contributed by atoms with van der Waals surface area (Å²) in [5.41, 5.74) is 6.71. The molecule has 7 rings (SSSR count). The van der Waals surface area contributed by atoms with E-state index in [0.29, 0.717) is 17.5 Å². The SMILES string of the molecule is c1ccc(-c2cccc(-c3nc(-c4ccccc4)nc(-c4ccc5c(c4)oc4ccccc45)n3)c2)cc1. The molecular weight excluding hydrogens is 454 g/mol. The molecule has 0 atom stereocenters. The first kappa shape index (κ1) is 21.2. The number of nitrogens with zero attached hydrogens (tertiary/aromatic N) is 3. The molecular formula is C33H21N3O.